The maximum Gasteiger partial charge on any atom is 0.183 e. The Kier molecular flexibility index (Phi) is 2.59. The summed E-state index contributed by atoms with van der Waals surface area (Å²) in [6, 6.07) is 0. The molecule has 0 radical (unpaired) electrons. The van der Waals surface area contributed by atoms with Crippen LogP contribution in [0.1, 0.15) is 0 Å². The highest BCUT2D eigenvalue weighted by Gasteiger charge is 2.08. The van der Waals surface area contributed by atoms with Gasteiger partial charge in [0.2, 0.25) is 0 Å². The lowest BCUT2D eigenvalue weighted by atomic mass is 10.4. The van der Waals surface area contributed by atoms with Crippen LogP contribution in [0, 0.1) is 0 Å². The molecule has 6 heteroatoms. The number of nitrogens with zero attached hydrogens (tertiary/aromatic N) is 2. The van der Waals surface area contributed by atoms with Crippen molar-refractivity contribution in [3.05, 3.63) is 19.1 Å². The zero-order valence-electron chi connectivity index (χ0n) is 5.62. The number of hydrogen-bond acceptors (Lipinski definition) is 4. The van der Waals surface area contributed by atoms with Crippen molar-refractivity contribution in [3.8, 4) is 10.6 Å². The molecule has 0 unspecified atom stereocenters. The number of rotatable bonds is 1. The Labute approximate surface area is 93.9 Å². The van der Waals surface area contributed by atoms with Crippen LogP contribution in [0.15, 0.2) is 19.1 Å². The maximum atomic E-state index is 4.02. The van der Waals surface area contributed by atoms with E-state index in [1.165, 1.54) is 11.3 Å². The average Bonchev–Trinajstić information content (AvgIpc) is 2.58. The van der Waals surface area contributed by atoms with Crippen LogP contribution in [-0.2, 0) is 0 Å². The second kappa shape index (κ2) is 3.53. The fourth-order valence-corrected chi connectivity index (χ4v) is 3.56. The van der Waals surface area contributed by atoms with E-state index in [1.54, 1.807) is 11.3 Å². The van der Waals surface area contributed by atoms with Gasteiger partial charge in [-0.1, -0.05) is 11.3 Å². The summed E-state index contributed by atoms with van der Waals surface area (Å²) in [6.07, 6.45) is 0. The van der Waals surface area contributed by atoms with Crippen LogP contribution in [0.25, 0.3) is 10.6 Å². The summed E-state index contributed by atoms with van der Waals surface area (Å²) in [6.45, 7) is 0. The standard InChI is InChI=1S/C6H2Br2N2S2/c7-4-2-11-1-3(4)5-9-10-6(8)12-5/h1-2H. The van der Waals surface area contributed by atoms with Crippen LogP contribution in [0.2, 0.25) is 0 Å². The molecule has 0 aromatic carbocycles. The topological polar surface area (TPSA) is 25.8 Å². The smallest absolute Gasteiger partial charge is 0.150 e. The summed E-state index contributed by atoms with van der Waals surface area (Å²) in [5.41, 5.74) is 1.11. The van der Waals surface area contributed by atoms with Gasteiger partial charge in [0.15, 0.2) is 8.92 Å². The van der Waals surface area contributed by atoms with Gasteiger partial charge in [-0.2, -0.15) is 11.3 Å². The van der Waals surface area contributed by atoms with E-state index in [2.05, 4.69) is 47.4 Å². The lowest BCUT2D eigenvalue weighted by Gasteiger charge is -1.87. The molecule has 2 rings (SSSR count). The molecule has 0 aliphatic carbocycles. The molecule has 12 heavy (non-hydrogen) atoms. The maximum absolute atomic E-state index is 4.02. The molecule has 0 saturated heterocycles. The molecule has 0 atom stereocenters. The average molecular weight is 326 g/mol. The fraction of sp³-hybridized carbons (Fsp3) is 0. The van der Waals surface area contributed by atoms with Crippen molar-refractivity contribution in [1.29, 1.82) is 0 Å². The monoisotopic (exact) mass is 324 g/mol. The lowest BCUT2D eigenvalue weighted by molar-refractivity contribution is 1.08. The quantitative estimate of drug-likeness (QED) is 0.797. The Bertz CT molecular complexity index is 396. The molecule has 2 aromatic rings. The first-order chi connectivity index (χ1) is 5.77. The Morgan fingerprint density at radius 1 is 1.17 bits per heavy atom. The van der Waals surface area contributed by atoms with Crippen LogP contribution >= 0.6 is 54.5 Å². The van der Waals surface area contributed by atoms with Crippen molar-refractivity contribution in [2.24, 2.45) is 0 Å². The van der Waals surface area contributed by atoms with Gasteiger partial charge in [-0.3, -0.25) is 0 Å². The number of aromatic nitrogens is 2. The largest absolute Gasteiger partial charge is 0.183 e. The molecule has 62 valence electrons. The summed E-state index contributed by atoms with van der Waals surface area (Å²) in [7, 11) is 0. The zero-order chi connectivity index (χ0) is 8.55. The van der Waals surface area contributed by atoms with E-state index in [0.29, 0.717) is 0 Å². The molecule has 0 bridgehead atoms. The lowest BCUT2D eigenvalue weighted by Crippen LogP contribution is -1.72. The van der Waals surface area contributed by atoms with E-state index >= 15 is 0 Å². The molecular weight excluding hydrogens is 324 g/mol. The van der Waals surface area contributed by atoms with E-state index in [4.69, 9.17) is 0 Å². The molecule has 0 saturated carbocycles. The van der Waals surface area contributed by atoms with Crippen LogP contribution in [0.4, 0.5) is 0 Å². The summed E-state index contributed by atoms with van der Waals surface area (Å²) in [4.78, 5) is 0. The molecular formula is C6H2Br2N2S2. The van der Waals surface area contributed by atoms with Gasteiger partial charge >= 0.3 is 0 Å². The first-order valence-electron chi connectivity index (χ1n) is 2.98. The minimum Gasteiger partial charge on any atom is -0.150 e. The minimum atomic E-state index is 0.815. The molecule has 0 N–H and O–H groups in total. The second-order valence-electron chi connectivity index (χ2n) is 1.99. The molecule has 2 aromatic heterocycles. The molecule has 0 spiro atoms. The molecule has 2 nitrogen and oxygen atoms in total. The third-order valence-electron chi connectivity index (χ3n) is 1.25. The normalized spacial score (nSPS) is 10.5. The summed E-state index contributed by atoms with van der Waals surface area (Å²) in [5, 5.41) is 12.9. The number of halogens is 2. The number of hydrogen-bond donors (Lipinski definition) is 0. The Balaban J connectivity index is 2.50. The predicted octanol–water partition coefficient (Wildman–Crippen LogP) is 3.79. The third-order valence-corrected chi connectivity index (χ3v) is 4.34. The molecule has 0 fully saturated rings. The van der Waals surface area contributed by atoms with Crippen LogP contribution in [0.3, 0.4) is 0 Å². The Hall–Kier alpha value is 0.220. The van der Waals surface area contributed by atoms with Crippen LogP contribution < -0.4 is 0 Å². The van der Waals surface area contributed by atoms with Crippen molar-refractivity contribution in [3.63, 3.8) is 0 Å². The summed E-state index contributed by atoms with van der Waals surface area (Å²) < 4.78 is 1.90. The molecule has 0 aliphatic heterocycles. The van der Waals surface area contributed by atoms with Gasteiger partial charge in [0, 0.05) is 20.8 Å². The van der Waals surface area contributed by atoms with Gasteiger partial charge in [-0.25, -0.2) is 0 Å². The van der Waals surface area contributed by atoms with Gasteiger partial charge in [0.05, 0.1) is 0 Å². The summed E-state index contributed by atoms with van der Waals surface area (Å²) >= 11 is 9.90. The molecule has 2 heterocycles. The van der Waals surface area contributed by atoms with Crippen molar-refractivity contribution < 1.29 is 0 Å². The summed E-state index contributed by atoms with van der Waals surface area (Å²) in [5.74, 6) is 0. The van der Waals surface area contributed by atoms with E-state index in [9.17, 15) is 0 Å². The predicted molar refractivity (Wildman–Crippen MR) is 58.6 cm³/mol. The van der Waals surface area contributed by atoms with E-state index in [1.807, 2.05) is 5.38 Å². The molecule has 0 amide bonds. The Morgan fingerprint density at radius 3 is 2.50 bits per heavy atom. The first-order valence-corrected chi connectivity index (χ1v) is 6.33. The van der Waals surface area contributed by atoms with Crippen LogP contribution in [-0.4, -0.2) is 10.2 Å². The third kappa shape index (κ3) is 1.61. The van der Waals surface area contributed by atoms with Crippen molar-refractivity contribution >= 4 is 54.5 Å². The van der Waals surface area contributed by atoms with Gasteiger partial charge in [-0.05, 0) is 31.9 Å². The van der Waals surface area contributed by atoms with Crippen molar-refractivity contribution in [2.45, 2.75) is 0 Å². The SMILES string of the molecule is Brc1nnc(-c2cscc2Br)s1. The minimum absolute atomic E-state index is 0.815. The second-order valence-corrected chi connectivity index (χ2v) is 5.85. The van der Waals surface area contributed by atoms with Crippen molar-refractivity contribution in [1.82, 2.24) is 10.2 Å². The van der Waals surface area contributed by atoms with Gasteiger partial charge < -0.3 is 0 Å². The van der Waals surface area contributed by atoms with Crippen molar-refractivity contribution in [2.75, 3.05) is 0 Å². The first kappa shape index (κ1) is 8.80. The Morgan fingerprint density at radius 2 is 2.00 bits per heavy atom. The highest BCUT2D eigenvalue weighted by Crippen LogP contribution is 2.34. The highest BCUT2D eigenvalue weighted by atomic mass is 79.9. The van der Waals surface area contributed by atoms with E-state index < -0.39 is 0 Å². The zero-order valence-corrected chi connectivity index (χ0v) is 10.4. The van der Waals surface area contributed by atoms with E-state index in [0.717, 1.165) is 19.0 Å². The fourth-order valence-electron chi connectivity index (χ4n) is 0.748. The van der Waals surface area contributed by atoms with Gasteiger partial charge in [0.1, 0.15) is 0 Å². The van der Waals surface area contributed by atoms with Crippen LogP contribution in [0.5, 0.6) is 0 Å². The van der Waals surface area contributed by atoms with E-state index in [-0.39, 0.29) is 0 Å². The molecule has 0 aliphatic rings. The highest BCUT2D eigenvalue weighted by molar-refractivity contribution is 9.11. The number of thiophene rings is 1. The van der Waals surface area contributed by atoms with Gasteiger partial charge in [-0.15, -0.1) is 10.2 Å². The van der Waals surface area contributed by atoms with Gasteiger partial charge in [0.25, 0.3) is 0 Å².